The molecule has 0 fully saturated rings. The van der Waals surface area contributed by atoms with Crippen LogP contribution in [0.3, 0.4) is 0 Å². The Bertz CT molecular complexity index is 515. The zero-order valence-electron chi connectivity index (χ0n) is 13.0. The van der Waals surface area contributed by atoms with E-state index >= 15 is 0 Å². The van der Waals surface area contributed by atoms with Gasteiger partial charge < -0.3 is 0 Å². The van der Waals surface area contributed by atoms with Gasteiger partial charge in [-0.2, -0.15) is 0 Å². The summed E-state index contributed by atoms with van der Waals surface area (Å²) in [6.07, 6.45) is 11.2. The predicted molar refractivity (Wildman–Crippen MR) is 95.8 cm³/mol. The minimum Gasteiger partial charge on any atom is -0.266 e. The van der Waals surface area contributed by atoms with Crippen molar-refractivity contribution in [2.24, 2.45) is 9.98 Å². The number of allylic oxidation sites excluding steroid dienone is 7. The Hall–Kier alpha value is -1.61. The van der Waals surface area contributed by atoms with Crippen molar-refractivity contribution in [3.63, 3.8) is 0 Å². The van der Waals surface area contributed by atoms with Gasteiger partial charge in [-0.15, -0.1) is 12.6 Å². The molecule has 0 spiro atoms. The molecule has 0 saturated heterocycles. The smallest absolute Gasteiger partial charge is 0.0404 e. The second kappa shape index (κ2) is 10.2. The molecule has 0 rings (SSSR count). The van der Waals surface area contributed by atoms with E-state index in [4.69, 9.17) is 0 Å². The van der Waals surface area contributed by atoms with Crippen molar-refractivity contribution in [1.82, 2.24) is 0 Å². The number of rotatable bonds is 6. The summed E-state index contributed by atoms with van der Waals surface area (Å²) in [5, 5.41) is 0. The average molecular weight is 288 g/mol. The fourth-order valence-corrected chi connectivity index (χ4v) is 1.55. The van der Waals surface area contributed by atoms with Crippen LogP contribution in [-0.4, -0.2) is 11.9 Å². The van der Waals surface area contributed by atoms with E-state index in [1.807, 2.05) is 59.0 Å². The molecule has 0 saturated carbocycles. The lowest BCUT2D eigenvalue weighted by Crippen LogP contribution is -1.89. The normalized spacial score (nSPS) is 16.0. The summed E-state index contributed by atoms with van der Waals surface area (Å²) in [4.78, 5) is 9.54. The van der Waals surface area contributed by atoms with E-state index in [9.17, 15) is 0 Å². The molecular weight excluding hydrogens is 264 g/mol. The summed E-state index contributed by atoms with van der Waals surface area (Å²) >= 11 is 4.35. The highest BCUT2D eigenvalue weighted by Crippen LogP contribution is 2.20. The lowest BCUT2D eigenvalue weighted by atomic mass is 10.1. The molecule has 0 aliphatic rings. The Morgan fingerprint density at radius 3 is 2.30 bits per heavy atom. The molecule has 0 radical (unpaired) electrons. The lowest BCUT2D eigenvalue weighted by Gasteiger charge is -2.05. The highest BCUT2D eigenvalue weighted by molar-refractivity contribution is 7.84. The standard InChI is InChI=1S/C17H24N2S/c1-7-10-13(4)19-12-16(11-17(20)8-2)14(5)15(6)18-9-3/h7-12,20H,2H2,1,3-6H3/b10-7-,15-14+,16-12-,17-11+,18-9?,19-13-. The first kappa shape index (κ1) is 18.4. The molecule has 0 aromatic heterocycles. The van der Waals surface area contributed by atoms with Gasteiger partial charge in [0, 0.05) is 28.7 Å². The largest absolute Gasteiger partial charge is 0.266 e. The van der Waals surface area contributed by atoms with E-state index in [-0.39, 0.29) is 0 Å². The van der Waals surface area contributed by atoms with E-state index in [1.54, 1.807) is 12.3 Å². The van der Waals surface area contributed by atoms with Gasteiger partial charge in [-0.05, 0) is 57.9 Å². The van der Waals surface area contributed by atoms with E-state index in [0.29, 0.717) is 0 Å². The van der Waals surface area contributed by atoms with Gasteiger partial charge in [0.05, 0.1) is 0 Å². The Morgan fingerprint density at radius 2 is 1.80 bits per heavy atom. The molecule has 3 heteroatoms. The van der Waals surface area contributed by atoms with Crippen LogP contribution in [0.5, 0.6) is 0 Å². The maximum atomic E-state index is 4.43. The third kappa shape index (κ3) is 7.10. The third-order valence-electron chi connectivity index (χ3n) is 2.63. The van der Waals surface area contributed by atoms with Crippen LogP contribution < -0.4 is 0 Å². The summed E-state index contributed by atoms with van der Waals surface area (Å²) in [6, 6.07) is 0. The Labute approximate surface area is 128 Å². The van der Waals surface area contributed by atoms with Crippen LogP contribution in [0.2, 0.25) is 0 Å². The molecule has 0 N–H and O–H groups in total. The van der Waals surface area contributed by atoms with Gasteiger partial charge in [0.15, 0.2) is 0 Å². The van der Waals surface area contributed by atoms with Crippen LogP contribution in [0.4, 0.5) is 0 Å². The van der Waals surface area contributed by atoms with Gasteiger partial charge >= 0.3 is 0 Å². The monoisotopic (exact) mass is 288 g/mol. The minimum atomic E-state index is 0.794. The van der Waals surface area contributed by atoms with Gasteiger partial charge in [0.1, 0.15) is 0 Å². The molecular formula is C17H24N2S. The number of hydrogen-bond acceptors (Lipinski definition) is 3. The topological polar surface area (TPSA) is 24.7 Å². The number of aliphatic imine (C=N–C) groups is 2. The van der Waals surface area contributed by atoms with Gasteiger partial charge in [0.25, 0.3) is 0 Å². The number of hydrogen-bond donors (Lipinski definition) is 1. The van der Waals surface area contributed by atoms with Crippen LogP contribution in [0, 0.1) is 0 Å². The van der Waals surface area contributed by atoms with Crippen LogP contribution in [0.25, 0.3) is 0 Å². The predicted octanol–water partition coefficient (Wildman–Crippen LogP) is 5.29. The second-order valence-electron chi connectivity index (χ2n) is 4.23. The summed E-state index contributed by atoms with van der Waals surface area (Å²) < 4.78 is 0. The van der Waals surface area contributed by atoms with Gasteiger partial charge in [0.2, 0.25) is 0 Å². The molecule has 0 heterocycles. The maximum absolute atomic E-state index is 4.43. The molecule has 0 aliphatic heterocycles. The van der Waals surface area contributed by atoms with Gasteiger partial charge in [-0.25, -0.2) is 0 Å². The molecule has 0 amide bonds. The number of nitrogens with zero attached hydrogens (tertiary/aromatic N) is 2. The maximum Gasteiger partial charge on any atom is 0.0404 e. The molecule has 2 nitrogen and oxygen atoms in total. The molecule has 20 heavy (non-hydrogen) atoms. The average Bonchev–Trinajstić information content (AvgIpc) is 2.42. The number of thiol groups is 1. The summed E-state index contributed by atoms with van der Waals surface area (Å²) in [7, 11) is 0. The first-order valence-electron chi connectivity index (χ1n) is 6.53. The van der Waals surface area contributed by atoms with Crippen LogP contribution >= 0.6 is 12.6 Å². The SMILES string of the molecule is C=C\C(S)=C/C(=C/N=C(C)\C=C/C)C(/C)=C(\C)N=CC. The molecule has 0 unspecified atom stereocenters. The van der Waals surface area contributed by atoms with Crippen LogP contribution in [0.15, 0.2) is 68.8 Å². The molecule has 0 aromatic rings. The lowest BCUT2D eigenvalue weighted by molar-refractivity contribution is 1.21. The van der Waals surface area contributed by atoms with Crippen molar-refractivity contribution in [3.8, 4) is 0 Å². The molecule has 0 atom stereocenters. The molecule has 0 aromatic carbocycles. The highest BCUT2D eigenvalue weighted by Gasteiger charge is 2.01. The van der Waals surface area contributed by atoms with Crippen LogP contribution in [0.1, 0.15) is 34.6 Å². The summed E-state index contributed by atoms with van der Waals surface area (Å²) in [5.41, 5.74) is 3.94. The van der Waals surface area contributed by atoms with Crippen LogP contribution in [-0.2, 0) is 0 Å². The zero-order chi connectivity index (χ0) is 15.5. The van der Waals surface area contributed by atoms with Crippen molar-refractivity contribution in [2.45, 2.75) is 34.6 Å². The Kier molecular flexibility index (Phi) is 9.39. The quantitative estimate of drug-likeness (QED) is 0.390. The first-order valence-corrected chi connectivity index (χ1v) is 6.97. The van der Waals surface area contributed by atoms with Crippen molar-refractivity contribution >= 4 is 24.6 Å². The Morgan fingerprint density at radius 1 is 1.15 bits per heavy atom. The molecule has 0 aliphatic carbocycles. The fourth-order valence-electron chi connectivity index (χ4n) is 1.42. The van der Waals surface area contributed by atoms with Crippen molar-refractivity contribution in [1.29, 1.82) is 0 Å². The van der Waals surface area contributed by atoms with Crippen molar-refractivity contribution in [2.75, 3.05) is 0 Å². The third-order valence-corrected chi connectivity index (χ3v) is 2.94. The van der Waals surface area contributed by atoms with Gasteiger partial charge in [-0.3, -0.25) is 9.98 Å². The second-order valence-corrected chi connectivity index (χ2v) is 4.74. The first-order chi connectivity index (χ1) is 9.46. The van der Waals surface area contributed by atoms with Crippen molar-refractivity contribution < 1.29 is 0 Å². The minimum absolute atomic E-state index is 0.794. The highest BCUT2D eigenvalue weighted by atomic mass is 32.1. The van der Waals surface area contributed by atoms with E-state index in [1.165, 1.54) is 0 Å². The molecule has 108 valence electrons. The van der Waals surface area contributed by atoms with E-state index in [0.717, 1.165) is 27.5 Å². The van der Waals surface area contributed by atoms with E-state index < -0.39 is 0 Å². The summed E-state index contributed by atoms with van der Waals surface area (Å²) in [6.45, 7) is 13.5. The van der Waals surface area contributed by atoms with E-state index in [2.05, 4.69) is 29.2 Å². The Balaban J connectivity index is 5.75. The van der Waals surface area contributed by atoms with Crippen molar-refractivity contribution in [3.05, 3.63) is 58.8 Å². The van der Waals surface area contributed by atoms with Gasteiger partial charge in [-0.1, -0.05) is 18.7 Å². The summed E-state index contributed by atoms with van der Waals surface area (Å²) in [5.74, 6) is 0. The molecule has 0 bridgehead atoms. The fraction of sp³-hybridized carbons (Fsp3) is 0.294. The zero-order valence-corrected chi connectivity index (χ0v) is 13.9.